The van der Waals surface area contributed by atoms with Crippen LogP contribution in [0.5, 0.6) is 0 Å². The Kier molecular flexibility index (Phi) is 6.75. The third-order valence-corrected chi connectivity index (χ3v) is 5.66. The Balaban J connectivity index is 1.41. The predicted molar refractivity (Wildman–Crippen MR) is 112 cm³/mol. The summed E-state index contributed by atoms with van der Waals surface area (Å²) < 4.78 is 0. The standard InChI is InChI=1S/C22H28ClN3O/c1-17-5-3-8-21(18(17)2)26-13-11-25(12-14-26)16-22(27)24-10-9-19-6-4-7-20(23)15-19/h3-8,15H,9-14,16H2,1-2H3,(H,24,27)/p+1. The normalized spacial score (nSPS) is 15.0. The van der Waals surface area contributed by atoms with Crippen LogP contribution in [0.15, 0.2) is 42.5 Å². The first-order valence-corrected chi connectivity index (χ1v) is 10.1. The molecule has 0 radical (unpaired) electrons. The highest BCUT2D eigenvalue weighted by Gasteiger charge is 2.23. The van der Waals surface area contributed by atoms with Crippen molar-refractivity contribution in [2.45, 2.75) is 20.3 Å². The Morgan fingerprint density at radius 2 is 1.89 bits per heavy atom. The molecule has 3 rings (SSSR count). The maximum absolute atomic E-state index is 12.2. The van der Waals surface area contributed by atoms with Gasteiger partial charge in [0.1, 0.15) is 0 Å². The summed E-state index contributed by atoms with van der Waals surface area (Å²) in [5.41, 5.74) is 5.18. The second-order valence-corrected chi connectivity index (χ2v) is 7.80. The Bertz CT molecular complexity index is 785. The monoisotopic (exact) mass is 386 g/mol. The van der Waals surface area contributed by atoms with E-state index < -0.39 is 0 Å². The zero-order valence-electron chi connectivity index (χ0n) is 16.2. The van der Waals surface area contributed by atoms with Crippen molar-refractivity contribution in [3.05, 3.63) is 64.2 Å². The maximum Gasteiger partial charge on any atom is 0.275 e. The van der Waals surface area contributed by atoms with Gasteiger partial charge >= 0.3 is 0 Å². The van der Waals surface area contributed by atoms with E-state index in [4.69, 9.17) is 11.6 Å². The number of halogens is 1. The van der Waals surface area contributed by atoms with E-state index in [2.05, 4.69) is 42.3 Å². The summed E-state index contributed by atoms with van der Waals surface area (Å²) in [6.45, 7) is 9.54. The van der Waals surface area contributed by atoms with Crippen LogP contribution in [-0.4, -0.2) is 45.2 Å². The summed E-state index contributed by atoms with van der Waals surface area (Å²) in [6, 6.07) is 14.3. The van der Waals surface area contributed by atoms with Crippen molar-refractivity contribution in [1.82, 2.24) is 5.32 Å². The second kappa shape index (κ2) is 9.25. The number of nitrogens with one attached hydrogen (secondary N) is 2. The fraction of sp³-hybridized carbons (Fsp3) is 0.409. The molecular weight excluding hydrogens is 358 g/mol. The van der Waals surface area contributed by atoms with E-state index in [-0.39, 0.29) is 5.91 Å². The Morgan fingerprint density at radius 3 is 2.63 bits per heavy atom. The molecule has 0 saturated carbocycles. The van der Waals surface area contributed by atoms with Gasteiger partial charge in [-0.3, -0.25) is 4.79 Å². The third-order valence-electron chi connectivity index (χ3n) is 5.42. The number of aryl methyl sites for hydroxylation is 1. The Hall–Kier alpha value is -2.04. The SMILES string of the molecule is Cc1cccc(N2CC[NH+](CC(=O)NCCc3cccc(Cl)c3)CC2)c1C. The van der Waals surface area contributed by atoms with Crippen LogP contribution in [0.25, 0.3) is 0 Å². The van der Waals surface area contributed by atoms with E-state index in [0.717, 1.165) is 43.2 Å². The van der Waals surface area contributed by atoms with Crippen LogP contribution in [0.4, 0.5) is 5.69 Å². The molecule has 0 unspecified atom stereocenters. The maximum atomic E-state index is 12.2. The van der Waals surface area contributed by atoms with Crippen molar-refractivity contribution in [1.29, 1.82) is 0 Å². The molecule has 144 valence electrons. The number of amides is 1. The Morgan fingerprint density at radius 1 is 1.15 bits per heavy atom. The molecule has 2 N–H and O–H groups in total. The molecule has 2 aromatic carbocycles. The number of quaternary nitrogens is 1. The van der Waals surface area contributed by atoms with Crippen LogP contribution in [0.1, 0.15) is 16.7 Å². The average Bonchev–Trinajstić information content (AvgIpc) is 2.65. The summed E-state index contributed by atoms with van der Waals surface area (Å²) in [5.74, 6) is 0.132. The molecule has 0 aromatic heterocycles. The van der Waals surface area contributed by atoms with E-state index in [1.54, 1.807) is 0 Å². The van der Waals surface area contributed by atoms with Crippen molar-refractivity contribution in [3.8, 4) is 0 Å². The number of hydrogen-bond donors (Lipinski definition) is 2. The highest BCUT2D eigenvalue weighted by atomic mass is 35.5. The topological polar surface area (TPSA) is 36.8 Å². The summed E-state index contributed by atoms with van der Waals surface area (Å²) in [5, 5.41) is 3.78. The minimum Gasteiger partial charge on any atom is -0.360 e. The molecule has 0 aliphatic carbocycles. The molecule has 0 atom stereocenters. The van der Waals surface area contributed by atoms with Crippen molar-refractivity contribution >= 4 is 23.2 Å². The molecule has 1 saturated heterocycles. The van der Waals surface area contributed by atoms with Crippen molar-refractivity contribution in [2.75, 3.05) is 44.2 Å². The molecule has 0 bridgehead atoms. The molecule has 4 nitrogen and oxygen atoms in total. The summed E-state index contributed by atoms with van der Waals surface area (Å²) in [6.07, 6.45) is 0.808. The van der Waals surface area contributed by atoms with Gasteiger partial charge in [-0.25, -0.2) is 0 Å². The number of piperazine rings is 1. The number of carbonyl (C=O) groups is 1. The second-order valence-electron chi connectivity index (χ2n) is 7.36. The van der Waals surface area contributed by atoms with E-state index in [1.165, 1.54) is 21.7 Å². The van der Waals surface area contributed by atoms with E-state index in [9.17, 15) is 4.79 Å². The van der Waals surface area contributed by atoms with Crippen LogP contribution in [0.3, 0.4) is 0 Å². The lowest BCUT2D eigenvalue weighted by Gasteiger charge is -2.34. The zero-order chi connectivity index (χ0) is 19.2. The molecular formula is C22H29ClN3O+. The molecule has 1 heterocycles. The number of hydrogen-bond acceptors (Lipinski definition) is 2. The van der Waals surface area contributed by atoms with Crippen molar-refractivity contribution in [2.24, 2.45) is 0 Å². The molecule has 1 fully saturated rings. The molecule has 1 aliphatic rings. The third kappa shape index (κ3) is 5.47. The molecule has 2 aromatic rings. The van der Waals surface area contributed by atoms with Gasteiger partial charge in [0.2, 0.25) is 0 Å². The van der Waals surface area contributed by atoms with Gasteiger partial charge in [0.15, 0.2) is 6.54 Å². The molecule has 5 heteroatoms. The quantitative estimate of drug-likeness (QED) is 0.797. The average molecular weight is 387 g/mol. The van der Waals surface area contributed by atoms with E-state index in [0.29, 0.717) is 13.1 Å². The molecule has 0 spiro atoms. The minimum absolute atomic E-state index is 0.132. The first kappa shape index (κ1) is 19.7. The predicted octanol–water partition coefficient (Wildman–Crippen LogP) is 2.02. The molecule has 1 aliphatic heterocycles. The lowest BCUT2D eigenvalue weighted by Crippen LogP contribution is -3.16. The van der Waals surface area contributed by atoms with Crippen molar-refractivity contribution < 1.29 is 9.69 Å². The van der Waals surface area contributed by atoms with Gasteiger partial charge in [-0.05, 0) is 55.2 Å². The van der Waals surface area contributed by atoms with Gasteiger partial charge in [-0.1, -0.05) is 35.9 Å². The van der Waals surface area contributed by atoms with Crippen molar-refractivity contribution in [3.63, 3.8) is 0 Å². The highest BCUT2D eigenvalue weighted by Crippen LogP contribution is 2.22. The molecule has 1 amide bonds. The van der Waals surface area contributed by atoms with Gasteiger partial charge in [0.05, 0.1) is 26.2 Å². The number of anilines is 1. The van der Waals surface area contributed by atoms with Crippen LogP contribution < -0.4 is 15.1 Å². The van der Waals surface area contributed by atoms with Gasteiger partial charge in [0.25, 0.3) is 5.91 Å². The summed E-state index contributed by atoms with van der Waals surface area (Å²) >= 11 is 5.99. The van der Waals surface area contributed by atoms with Gasteiger partial charge in [-0.2, -0.15) is 0 Å². The lowest BCUT2D eigenvalue weighted by atomic mass is 10.1. The minimum atomic E-state index is 0.132. The lowest BCUT2D eigenvalue weighted by molar-refractivity contribution is -0.892. The first-order valence-electron chi connectivity index (χ1n) is 9.69. The number of benzene rings is 2. The van der Waals surface area contributed by atoms with E-state index in [1.807, 2.05) is 24.3 Å². The van der Waals surface area contributed by atoms with Crippen LogP contribution >= 0.6 is 11.6 Å². The highest BCUT2D eigenvalue weighted by molar-refractivity contribution is 6.30. The summed E-state index contributed by atoms with van der Waals surface area (Å²) in [7, 11) is 0. The van der Waals surface area contributed by atoms with Gasteiger partial charge in [0, 0.05) is 17.3 Å². The van der Waals surface area contributed by atoms with Gasteiger partial charge < -0.3 is 15.1 Å². The van der Waals surface area contributed by atoms with E-state index >= 15 is 0 Å². The van der Waals surface area contributed by atoms with Gasteiger partial charge in [-0.15, -0.1) is 0 Å². The van der Waals surface area contributed by atoms with Crippen LogP contribution in [0, 0.1) is 13.8 Å². The Labute approximate surface area is 167 Å². The van der Waals surface area contributed by atoms with Crippen LogP contribution in [-0.2, 0) is 11.2 Å². The zero-order valence-corrected chi connectivity index (χ0v) is 17.0. The summed E-state index contributed by atoms with van der Waals surface area (Å²) in [4.78, 5) is 16.1. The molecule has 27 heavy (non-hydrogen) atoms. The smallest absolute Gasteiger partial charge is 0.275 e. The number of carbonyl (C=O) groups excluding carboxylic acids is 1. The number of nitrogens with zero attached hydrogens (tertiary/aromatic N) is 1. The first-order chi connectivity index (χ1) is 13.0. The fourth-order valence-corrected chi connectivity index (χ4v) is 3.86. The fourth-order valence-electron chi connectivity index (χ4n) is 3.65. The largest absolute Gasteiger partial charge is 0.360 e. The van der Waals surface area contributed by atoms with Crippen LogP contribution in [0.2, 0.25) is 5.02 Å². The number of rotatable bonds is 6.